The number of morpholine rings is 1. The highest BCUT2D eigenvalue weighted by Gasteiger charge is 2.13. The lowest BCUT2D eigenvalue weighted by atomic mass is 9.99. The Morgan fingerprint density at radius 1 is 0.828 bits per heavy atom. The van der Waals surface area contributed by atoms with E-state index in [1.165, 1.54) is 11.3 Å². The van der Waals surface area contributed by atoms with Crippen molar-refractivity contribution < 1.29 is 9.53 Å². The highest BCUT2D eigenvalue weighted by Crippen LogP contribution is 2.17. The summed E-state index contributed by atoms with van der Waals surface area (Å²) in [5.41, 5.74) is 5.28. The number of hydrogen-bond donors (Lipinski definition) is 1. The predicted octanol–water partition coefficient (Wildman–Crippen LogP) is 4.04. The molecule has 0 aromatic heterocycles. The van der Waals surface area contributed by atoms with Crippen LogP contribution in [-0.2, 0) is 17.7 Å². The van der Waals surface area contributed by atoms with Crippen LogP contribution < -0.4 is 10.2 Å². The quantitative estimate of drug-likeness (QED) is 0.695. The van der Waals surface area contributed by atoms with Crippen LogP contribution in [0.2, 0.25) is 0 Å². The number of carbonyl (C=O) groups is 1. The van der Waals surface area contributed by atoms with E-state index in [2.05, 4.69) is 46.6 Å². The van der Waals surface area contributed by atoms with Crippen molar-refractivity contribution in [2.45, 2.75) is 13.0 Å². The zero-order valence-corrected chi connectivity index (χ0v) is 16.5. The number of nitrogens with zero attached hydrogens (tertiary/aromatic N) is 1. The summed E-state index contributed by atoms with van der Waals surface area (Å²) < 4.78 is 5.41. The van der Waals surface area contributed by atoms with Crippen LogP contribution in [0.5, 0.6) is 0 Å². The van der Waals surface area contributed by atoms with E-state index >= 15 is 0 Å². The first-order chi connectivity index (χ1) is 14.3. The van der Waals surface area contributed by atoms with Gasteiger partial charge >= 0.3 is 0 Å². The zero-order chi connectivity index (χ0) is 19.9. The van der Waals surface area contributed by atoms with Crippen LogP contribution in [0.1, 0.15) is 27.0 Å². The fraction of sp³-hybridized carbons (Fsp3) is 0.240. The summed E-state index contributed by atoms with van der Waals surface area (Å²) in [7, 11) is 0. The predicted molar refractivity (Wildman–Crippen MR) is 116 cm³/mol. The number of rotatable bonds is 6. The van der Waals surface area contributed by atoms with Crippen molar-refractivity contribution in [1.29, 1.82) is 0 Å². The van der Waals surface area contributed by atoms with Crippen molar-refractivity contribution in [3.63, 3.8) is 0 Å². The molecule has 1 amide bonds. The molecule has 1 saturated heterocycles. The molecule has 4 nitrogen and oxygen atoms in total. The molecule has 1 aliphatic heterocycles. The number of benzene rings is 3. The Morgan fingerprint density at radius 3 is 2.28 bits per heavy atom. The molecule has 1 N–H and O–H groups in total. The second-order valence-electron chi connectivity index (χ2n) is 7.27. The fourth-order valence-corrected chi connectivity index (χ4v) is 3.64. The number of amides is 1. The van der Waals surface area contributed by atoms with Crippen LogP contribution >= 0.6 is 0 Å². The largest absolute Gasteiger partial charge is 0.378 e. The third kappa shape index (κ3) is 5.04. The maximum Gasteiger partial charge on any atom is 0.251 e. The summed E-state index contributed by atoms with van der Waals surface area (Å²) in [6.07, 6.45) is 0.749. The molecular weight excluding hydrogens is 360 g/mol. The molecule has 1 fully saturated rings. The van der Waals surface area contributed by atoms with Gasteiger partial charge in [0.25, 0.3) is 5.91 Å². The highest BCUT2D eigenvalue weighted by molar-refractivity contribution is 5.95. The van der Waals surface area contributed by atoms with E-state index in [0.717, 1.165) is 49.4 Å². The normalized spacial score (nSPS) is 13.9. The van der Waals surface area contributed by atoms with E-state index < -0.39 is 0 Å². The van der Waals surface area contributed by atoms with Gasteiger partial charge in [0.05, 0.1) is 13.2 Å². The number of carbonyl (C=O) groups excluding carboxylic acids is 1. The molecule has 0 radical (unpaired) electrons. The lowest BCUT2D eigenvalue weighted by Gasteiger charge is -2.28. The van der Waals surface area contributed by atoms with Crippen molar-refractivity contribution >= 4 is 11.6 Å². The summed E-state index contributed by atoms with van der Waals surface area (Å²) in [6, 6.07) is 26.5. The number of anilines is 1. The second-order valence-corrected chi connectivity index (χ2v) is 7.27. The first kappa shape index (κ1) is 19.2. The molecule has 3 aromatic carbocycles. The molecule has 4 rings (SSSR count). The molecular formula is C25H26N2O2. The number of nitrogens with one attached hydrogen (secondary N) is 1. The van der Waals surface area contributed by atoms with Crippen molar-refractivity contribution in [2.75, 3.05) is 31.2 Å². The van der Waals surface area contributed by atoms with Crippen LogP contribution in [0.15, 0.2) is 78.9 Å². The van der Waals surface area contributed by atoms with E-state index in [1.54, 1.807) is 0 Å². The smallest absolute Gasteiger partial charge is 0.251 e. The van der Waals surface area contributed by atoms with E-state index in [1.807, 2.05) is 42.5 Å². The minimum absolute atomic E-state index is 0.0335. The van der Waals surface area contributed by atoms with Gasteiger partial charge in [-0.05, 0) is 41.3 Å². The molecule has 1 aliphatic rings. The van der Waals surface area contributed by atoms with E-state index in [9.17, 15) is 4.79 Å². The van der Waals surface area contributed by atoms with Gasteiger partial charge in [0, 0.05) is 30.9 Å². The molecule has 3 aromatic rings. The maximum atomic E-state index is 12.8. The lowest BCUT2D eigenvalue weighted by molar-refractivity contribution is 0.0950. The first-order valence-electron chi connectivity index (χ1n) is 10.1. The summed E-state index contributed by atoms with van der Waals surface area (Å²) in [5, 5.41) is 3.07. The minimum Gasteiger partial charge on any atom is -0.378 e. The molecule has 0 spiro atoms. The van der Waals surface area contributed by atoms with Gasteiger partial charge < -0.3 is 15.0 Å². The van der Waals surface area contributed by atoms with Crippen LogP contribution in [0.25, 0.3) is 0 Å². The summed E-state index contributed by atoms with van der Waals surface area (Å²) in [5.74, 6) is -0.0335. The van der Waals surface area contributed by atoms with Gasteiger partial charge in [-0.2, -0.15) is 0 Å². The number of hydrogen-bond acceptors (Lipinski definition) is 3. The second kappa shape index (κ2) is 9.39. The molecule has 0 saturated carbocycles. The monoisotopic (exact) mass is 386 g/mol. The molecule has 0 aliphatic carbocycles. The molecule has 4 heteroatoms. The maximum absolute atomic E-state index is 12.8. The highest BCUT2D eigenvalue weighted by atomic mass is 16.5. The number of ether oxygens (including phenoxy) is 1. The van der Waals surface area contributed by atoms with Crippen molar-refractivity contribution in [1.82, 2.24) is 5.32 Å². The van der Waals surface area contributed by atoms with Crippen LogP contribution in [0.3, 0.4) is 0 Å². The Labute approximate surface area is 172 Å². The molecule has 0 bridgehead atoms. The van der Waals surface area contributed by atoms with Crippen molar-refractivity contribution in [3.8, 4) is 0 Å². The average molecular weight is 386 g/mol. The van der Waals surface area contributed by atoms with Crippen molar-refractivity contribution in [3.05, 3.63) is 101 Å². The zero-order valence-electron chi connectivity index (χ0n) is 16.5. The fourth-order valence-electron chi connectivity index (χ4n) is 3.64. The Hall–Kier alpha value is -3.11. The minimum atomic E-state index is -0.0335. The van der Waals surface area contributed by atoms with Gasteiger partial charge in [-0.1, -0.05) is 60.7 Å². The van der Waals surface area contributed by atoms with Gasteiger partial charge in [-0.25, -0.2) is 0 Å². The van der Waals surface area contributed by atoms with Gasteiger partial charge in [-0.3, -0.25) is 4.79 Å². The van der Waals surface area contributed by atoms with E-state index in [0.29, 0.717) is 6.54 Å². The molecule has 29 heavy (non-hydrogen) atoms. The van der Waals surface area contributed by atoms with Crippen LogP contribution in [0.4, 0.5) is 5.69 Å². The SMILES string of the molecule is O=C(NCc1ccc(N2CCOCC2)cc1)c1ccccc1Cc1ccccc1. The first-order valence-corrected chi connectivity index (χ1v) is 10.1. The van der Waals surface area contributed by atoms with Crippen LogP contribution in [-0.4, -0.2) is 32.2 Å². The third-order valence-corrected chi connectivity index (χ3v) is 5.27. The third-order valence-electron chi connectivity index (χ3n) is 5.27. The average Bonchev–Trinajstić information content (AvgIpc) is 2.79. The molecule has 1 heterocycles. The summed E-state index contributed by atoms with van der Waals surface area (Å²) >= 11 is 0. The summed E-state index contributed by atoms with van der Waals surface area (Å²) in [4.78, 5) is 15.1. The van der Waals surface area contributed by atoms with E-state index in [4.69, 9.17) is 4.74 Å². The standard InChI is InChI=1S/C25H26N2O2/c28-25(24-9-5-4-8-22(24)18-20-6-2-1-3-7-20)26-19-21-10-12-23(13-11-21)27-14-16-29-17-15-27/h1-13H,14-19H2,(H,26,28). The van der Waals surface area contributed by atoms with Crippen LogP contribution in [0, 0.1) is 0 Å². The van der Waals surface area contributed by atoms with Gasteiger partial charge in [0.2, 0.25) is 0 Å². The Bertz CT molecular complexity index is 933. The van der Waals surface area contributed by atoms with Gasteiger partial charge in [-0.15, -0.1) is 0 Å². The van der Waals surface area contributed by atoms with Gasteiger partial charge in [0.1, 0.15) is 0 Å². The Morgan fingerprint density at radius 2 is 1.52 bits per heavy atom. The summed E-state index contributed by atoms with van der Waals surface area (Å²) in [6.45, 7) is 3.92. The Balaban J connectivity index is 1.38. The van der Waals surface area contributed by atoms with E-state index in [-0.39, 0.29) is 5.91 Å². The van der Waals surface area contributed by atoms with Gasteiger partial charge in [0.15, 0.2) is 0 Å². The lowest BCUT2D eigenvalue weighted by Crippen LogP contribution is -2.36. The molecule has 0 unspecified atom stereocenters. The molecule has 148 valence electrons. The molecule has 0 atom stereocenters. The topological polar surface area (TPSA) is 41.6 Å². The Kier molecular flexibility index (Phi) is 6.22. The van der Waals surface area contributed by atoms with Crippen molar-refractivity contribution in [2.24, 2.45) is 0 Å².